The van der Waals surface area contributed by atoms with Gasteiger partial charge in [0.2, 0.25) is 5.88 Å². The first-order chi connectivity index (χ1) is 13.3. The molecule has 0 aliphatic heterocycles. The number of aromatic nitrogens is 4. The zero-order valence-corrected chi connectivity index (χ0v) is 14.4. The molecule has 0 bridgehead atoms. The van der Waals surface area contributed by atoms with Gasteiger partial charge in [0.05, 0.1) is 37.0 Å². The molecule has 0 radical (unpaired) electrons. The Morgan fingerprint density at radius 2 is 1.85 bits per heavy atom. The maximum absolute atomic E-state index is 7.00. The average molecular weight is 353 g/mol. The second-order valence-corrected chi connectivity index (χ2v) is 5.82. The predicted octanol–water partition coefficient (Wildman–Crippen LogP) is 4.73. The standard InChI is InChI=1S/C21H15N5O/c1-22-17-7-9-19(10-8-17)27-21-13-23-15-26(21)14-18-6-5-16(12-25-18)20-4-2-3-11-24-20/h2-13,15H,14H2. The molecule has 27 heavy (non-hydrogen) atoms. The second kappa shape index (κ2) is 7.50. The van der Waals surface area contributed by atoms with Crippen LogP contribution in [0.2, 0.25) is 0 Å². The summed E-state index contributed by atoms with van der Waals surface area (Å²) in [5, 5.41) is 0. The van der Waals surface area contributed by atoms with Crippen LogP contribution in [0, 0.1) is 6.57 Å². The van der Waals surface area contributed by atoms with E-state index in [0.717, 1.165) is 17.0 Å². The van der Waals surface area contributed by atoms with Crippen molar-refractivity contribution in [3.63, 3.8) is 0 Å². The first kappa shape index (κ1) is 16.5. The molecule has 0 aliphatic rings. The van der Waals surface area contributed by atoms with E-state index in [-0.39, 0.29) is 0 Å². The van der Waals surface area contributed by atoms with Gasteiger partial charge >= 0.3 is 0 Å². The van der Waals surface area contributed by atoms with Crippen molar-refractivity contribution in [2.45, 2.75) is 6.54 Å². The number of nitrogens with zero attached hydrogens (tertiary/aromatic N) is 5. The van der Waals surface area contributed by atoms with Crippen LogP contribution < -0.4 is 4.74 Å². The summed E-state index contributed by atoms with van der Waals surface area (Å²) in [5.41, 5.74) is 3.33. The first-order valence-electron chi connectivity index (χ1n) is 8.34. The monoisotopic (exact) mass is 353 g/mol. The molecule has 4 rings (SSSR count). The number of hydrogen-bond acceptors (Lipinski definition) is 4. The van der Waals surface area contributed by atoms with Gasteiger partial charge in [-0.1, -0.05) is 18.2 Å². The largest absolute Gasteiger partial charge is 0.439 e. The van der Waals surface area contributed by atoms with Crippen molar-refractivity contribution in [1.82, 2.24) is 19.5 Å². The lowest BCUT2D eigenvalue weighted by molar-refractivity contribution is 0.435. The molecule has 130 valence electrons. The maximum atomic E-state index is 7.00. The number of pyridine rings is 2. The van der Waals surface area contributed by atoms with Gasteiger partial charge in [-0.05, 0) is 36.4 Å². The third-order valence-electron chi connectivity index (χ3n) is 3.98. The van der Waals surface area contributed by atoms with Gasteiger partial charge in [-0.15, -0.1) is 0 Å². The highest BCUT2D eigenvalue weighted by Gasteiger charge is 2.07. The fourth-order valence-corrected chi connectivity index (χ4v) is 2.60. The van der Waals surface area contributed by atoms with Crippen molar-refractivity contribution < 1.29 is 4.74 Å². The number of benzene rings is 1. The van der Waals surface area contributed by atoms with Gasteiger partial charge < -0.3 is 4.74 Å². The van der Waals surface area contributed by atoms with E-state index >= 15 is 0 Å². The molecule has 6 nitrogen and oxygen atoms in total. The molecule has 4 aromatic rings. The summed E-state index contributed by atoms with van der Waals surface area (Å²) in [6.45, 7) is 7.54. The molecule has 6 heteroatoms. The minimum absolute atomic E-state index is 0.540. The van der Waals surface area contributed by atoms with Crippen LogP contribution in [0.4, 0.5) is 5.69 Å². The number of rotatable bonds is 5. The van der Waals surface area contributed by atoms with Gasteiger partial charge in [-0.25, -0.2) is 9.83 Å². The third kappa shape index (κ3) is 3.83. The topological polar surface area (TPSA) is 57.2 Å². The quantitative estimate of drug-likeness (QED) is 0.487. The Kier molecular flexibility index (Phi) is 4.58. The SMILES string of the molecule is [C-]#[N+]c1ccc(Oc2cncn2Cc2ccc(-c3ccccn3)cn2)cc1. The summed E-state index contributed by atoms with van der Waals surface area (Å²) < 4.78 is 7.75. The molecule has 0 unspecified atom stereocenters. The Morgan fingerprint density at radius 3 is 2.56 bits per heavy atom. The summed E-state index contributed by atoms with van der Waals surface area (Å²) in [6.07, 6.45) is 6.95. The van der Waals surface area contributed by atoms with Crippen molar-refractivity contribution >= 4 is 5.69 Å². The Labute approximate surface area is 156 Å². The van der Waals surface area contributed by atoms with E-state index < -0.39 is 0 Å². The van der Waals surface area contributed by atoms with Crippen LogP contribution in [-0.4, -0.2) is 19.5 Å². The van der Waals surface area contributed by atoms with Crippen molar-refractivity contribution in [3.8, 4) is 22.9 Å². The van der Waals surface area contributed by atoms with Crippen LogP contribution in [0.1, 0.15) is 5.69 Å². The van der Waals surface area contributed by atoms with E-state index in [9.17, 15) is 0 Å². The van der Waals surface area contributed by atoms with Gasteiger partial charge in [-0.3, -0.25) is 14.5 Å². The molecule has 1 aromatic carbocycles. The lowest BCUT2D eigenvalue weighted by Gasteiger charge is -2.09. The second-order valence-electron chi connectivity index (χ2n) is 5.82. The molecule has 0 spiro atoms. The van der Waals surface area contributed by atoms with Crippen molar-refractivity contribution in [2.24, 2.45) is 0 Å². The van der Waals surface area contributed by atoms with Crippen molar-refractivity contribution in [3.05, 3.63) is 96.6 Å². The molecule has 0 aliphatic carbocycles. The molecular weight excluding hydrogens is 338 g/mol. The van der Waals surface area contributed by atoms with E-state index in [1.54, 1.807) is 43.0 Å². The Morgan fingerprint density at radius 1 is 0.963 bits per heavy atom. The minimum atomic E-state index is 0.540. The number of imidazole rings is 1. The predicted molar refractivity (Wildman–Crippen MR) is 102 cm³/mol. The highest BCUT2D eigenvalue weighted by Crippen LogP contribution is 2.24. The summed E-state index contributed by atoms with van der Waals surface area (Å²) in [7, 11) is 0. The third-order valence-corrected chi connectivity index (χ3v) is 3.98. The van der Waals surface area contributed by atoms with Crippen LogP contribution in [0.3, 0.4) is 0 Å². The molecule has 0 fully saturated rings. The van der Waals surface area contributed by atoms with Crippen LogP contribution in [-0.2, 0) is 6.54 Å². The van der Waals surface area contributed by atoms with Gasteiger partial charge in [-0.2, -0.15) is 0 Å². The normalized spacial score (nSPS) is 10.3. The summed E-state index contributed by atoms with van der Waals surface area (Å²) in [5.74, 6) is 1.27. The van der Waals surface area contributed by atoms with Crippen LogP contribution in [0.15, 0.2) is 79.5 Å². The lowest BCUT2D eigenvalue weighted by atomic mass is 10.2. The summed E-state index contributed by atoms with van der Waals surface area (Å²) >= 11 is 0. The van der Waals surface area contributed by atoms with Gasteiger partial charge in [0, 0.05) is 18.0 Å². The van der Waals surface area contributed by atoms with Crippen LogP contribution >= 0.6 is 0 Å². The van der Waals surface area contributed by atoms with Gasteiger partial charge in [0.15, 0.2) is 5.69 Å². The average Bonchev–Trinajstić information content (AvgIpc) is 3.16. The van der Waals surface area contributed by atoms with Gasteiger partial charge in [0.25, 0.3) is 0 Å². The number of hydrogen-bond donors (Lipinski definition) is 0. The minimum Gasteiger partial charge on any atom is -0.439 e. The summed E-state index contributed by atoms with van der Waals surface area (Å²) in [6, 6.07) is 16.8. The van der Waals surface area contributed by atoms with Crippen molar-refractivity contribution in [1.29, 1.82) is 0 Å². The molecule has 3 heterocycles. The summed E-state index contributed by atoms with van der Waals surface area (Å²) in [4.78, 5) is 16.4. The molecule has 0 saturated carbocycles. The fraction of sp³-hybridized carbons (Fsp3) is 0.0476. The smallest absolute Gasteiger partial charge is 0.220 e. The number of ether oxygens (including phenoxy) is 1. The highest BCUT2D eigenvalue weighted by atomic mass is 16.5. The molecule has 0 saturated heterocycles. The Balaban J connectivity index is 1.49. The molecule has 0 atom stereocenters. The maximum Gasteiger partial charge on any atom is 0.220 e. The fourth-order valence-electron chi connectivity index (χ4n) is 2.60. The Bertz CT molecular complexity index is 1060. The van der Waals surface area contributed by atoms with Gasteiger partial charge in [0.1, 0.15) is 5.75 Å². The lowest BCUT2D eigenvalue weighted by Crippen LogP contribution is -2.02. The van der Waals surface area contributed by atoms with E-state index in [1.165, 1.54) is 0 Å². The van der Waals surface area contributed by atoms with E-state index in [4.69, 9.17) is 11.3 Å². The van der Waals surface area contributed by atoms with E-state index in [2.05, 4.69) is 19.8 Å². The van der Waals surface area contributed by atoms with E-state index in [1.807, 2.05) is 41.1 Å². The zero-order valence-electron chi connectivity index (χ0n) is 14.4. The molecule has 3 aromatic heterocycles. The van der Waals surface area contributed by atoms with Crippen molar-refractivity contribution in [2.75, 3.05) is 0 Å². The van der Waals surface area contributed by atoms with Crippen LogP contribution in [0.5, 0.6) is 11.6 Å². The van der Waals surface area contributed by atoms with E-state index in [0.29, 0.717) is 23.9 Å². The first-order valence-corrected chi connectivity index (χ1v) is 8.34. The zero-order chi connectivity index (χ0) is 18.5. The van der Waals surface area contributed by atoms with Crippen LogP contribution in [0.25, 0.3) is 16.1 Å². The Hall–Kier alpha value is -3.98. The molecule has 0 N–H and O–H groups in total. The molecule has 0 amide bonds. The highest BCUT2D eigenvalue weighted by molar-refractivity contribution is 5.57. The molecular formula is C21H15N5O.